The summed E-state index contributed by atoms with van der Waals surface area (Å²) in [7, 11) is 0. The first-order valence-corrected chi connectivity index (χ1v) is 9.83. The second kappa shape index (κ2) is 8.03. The Morgan fingerprint density at radius 1 is 0.741 bits per heavy atom. The van der Waals surface area contributed by atoms with Crippen LogP contribution in [0.3, 0.4) is 0 Å². The highest BCUT2D eigenvalue weighted by molar-refractivity contribution is 6.01. The third-order valence-electron chi connectivity index (χ3n) is 5.81. The van der Waals surface area contributed by atoms with Crippen molar-refractivity contribution in [1.29, 1.82) is 0 Å². The molecule has 0 aromatic heterocycles. The minimum atomic E-state index is -0.00581. The van der Waals surface area contributed by atoms with Crippen molar-refractivity contribution < 1.29 is 19.4 Å². The van der Waals surface area contributed by atoms with Crippen LogP contribution in [0.4, 0.5) is 0 Å². The average Bonchev–Trinajstić information content (AvgIpc) is 3.03. The largest absolute Gasteiger partial charge is 0.316 e. The number of amides is 2. The molecule has 0 unspecified atom stereocenters. The van der Waals surface area contributed by atoms with Crippen molar-refractivity contribution in [2.75, 3.05) is 32.8 Å². The molecule has 2 aliphatic rings. The molecule has 4 rings (SSSR count). The molecule has 0 bridgehead atoms. The first-order valence-electron chi connectivity index (χ1n) is 9.83. The number of carbonyl (C=O) groups is 2. The number of hydrogen-bond acceptors (Lipinski definition) is 2. The molecule has 5 nitrogen and oxygen atoms in total. The molecule has 2 heterocycles. The molecule has 0 spiro atoms. The van der Waals surface area contributed by atoms with Crippen LogP contribution in [0.2, 0.25) is 0 Å². The van der Waals surface area contributed by atoms with Crippen LogP contribution in [-0.4, -0.2) is 49.6 Å². The molecule has 2 fully saturated rings. The Labute approximate surface area is 160 Å². The summed E-state index contributed by atoms with van der Waals surface area (Å²) in [4.78, 5) is 28.1. The topological polar surface area (TPSA) is 46.3 Å². The number of hydrogen-bond donors (Lipinski definition) is 2. The standard InChI is InChI=1S/C22H25N3O2/c26-20-11-12-21(27)25(20)17-23-13-15-24(16-14-23)22(18-7-3-1-4-8-18)19-9-5-2-6-10-19/h1-10,22H,11-17H2/p+2. The third kappa shape index (κ3) is 3.94. The highest BCUT2D eigenvalue weighted by atomic mass is 16.2. The number of nitrogens with one attached hydrogen (secondary N) is 2. The van der Waals surface area contributed by atoms with E-state index in [1.807, 2.05) is 0 Å². The van der Waals surface area contributed by atoms with Crippen LogP contribution in [-0.2, 0) is 9.59 Å². The summed E-state index contributed by atoms with van der Waals surface area (Å²) < 4.78 is 0. The summed E-state index contributed by atoms with van der Waals surface area (Å²) in [5.41, 5.74) is 2.68. The van der Waals surface area contributed by atoms with Gasteiger partial charge in [0, 0.05) is 24.0 Å². The number of quaternary nitrogens is 2. The van der Waals surface area contributed by atoms with Crippen LogP contribution < -0.4 is 9.80 Å². The van der Waals surface area contributed by atoms with E-state index in [2.05, 4.69) is 60.7 Å². The fourth-order valence-corrected chi connectivity index (χ4v) is 4.35. The highest BCUT2D eigenvalue weighted by Crippen LogP contribution is 2.18. The average molecular weight is 365 g/mol. The zero-order valence-electron chi connectivity index (χ0n) is 15.6. The van der Waals surface area contributed by atoms with Gasteiger partial charge < -0.3 is 9.80 Å². The molecule has 2 aliphatic heterocycles. The van der Waals surface area contributed by atoms with Crippen molar-refractivity contribution in [3.05, 3.63) is 71.8 Å². The summed E-state index contributed by atoms with van der Waals surface area (Å²) in [5.74, 6) is -0.0116. The quantitative estimate of drug-likeness (QED) is 0.713. The van der Waals surface area contributed by atoms with Crippen LogP contribution in [0.15, 0.2) is 60.7 Å². The molecule has 0 atom stereocenters. The minimum Gasteiger partial charge on any atom is -0.316 e. The number of likely N-dealkylation sites (tertiary alicyclic amines) is 1. The lowest BCUT2D eigenvalue weighted by Crippen LogP contribution is -3.28. The smallest absolute Gasteiger partial charge is 0.234 e. The molecule has 2 saturated heterocycles. The number of imide groups is 1. The van der Waals surface area contributed by atoms with Crippen LogP contribution in [0.25, 0.3) is 0 Å². The van der Waals surface area contributed by atoms with E-state index in [4.69, 9.17) is 0 Å². The second-order valence-corrected chi connectivity index (χ2v) is 7.54. The predicted octanol–water partition coefficient (Wildman–Crippen LogP) is -0.334. The van der Waals surface area contributed by atoms with Gasteiger partial charge in [0.25, 0.3) is 0 Å². The van der Waals surface area contributed by atoms with Crippen molar-refractivity contribution in [3.63, 3.8) is 0 Å². The van der Waals surface area contributed by atoms with Gasteiger partial charge in [0.05, 0.1) is 0 Å². The van der Waals surface area contributed by atoms with E-state index in [1.165, 1.54) is 20.9 Å². The zero-order chi connectivity index (χ0) is 18.6. The van der Waals surface area contributed by atoms with E-state index in [9.17, 15) is 9.59 Å². The Balaban J connectivity index is 1.46. The van der Waals surface area contributed by atoms with Gasteiger partial charge in [-0.25, -0.2) is 4.90 Å². The maximum atomic E-state index is 11.9. The summed E-state index contributed by atoms with van der Waals surface area (Å²) >= 11 is 0. The van der Waals surface area contributed by atoms with E-state index in [1.54, 1.807) is 4.90 Å². The Kier molecular flexibility index (Phi) is 5.32. The van der Waals surface area contributed by atoms with Crippen LogP contribution >= 0.6 is 0 Å². The molecule has 0 aliphatic carbocycles. The van der Waals surface area contributed by atoms with Gasteiger partial charge in [0.15, 0.2) is 6.67 Å². The number of rotatable bonds is 5. The van der Waals surface area contributed by atoms with E-state index < -0.39 is 0 Å². The lowest BCUT2D eigenvalue weighted by Gasteiger charge is -2.35. The van der Waals surface area contributed by atoms with Crippen LogP contribution in [0.1, 0.15) is 30.0 Å². The molecular weight excluding hydrogens is 338 g/mol. The maximum Gasteiger partial charge on any atom is 0.234 e. The van der Waals surface area contributed by atoms with Gasteiger partial charge in [-0.2, -0.15) is 0 Å². The first kappa shape index (κ1) is 17.9. The SMILES string of the molecule is O=C1CCC(=O)N1C[NH+]1CC[NH+](C(c2ccccc2)c2ccccc2)CC1. The molecule has 0 radical (unpaired) electrons. The molecule has 2 aromatic rings. The Hall–Kier alpha value is -2.50. The predicted molar refractivity (Wildman–Crippen MR) is 102 cm³/mol. The van der Waals surface area contributed by atoms with Crippen LogP contribution in [0, 0.1) is 0 Å². The Bertz CT molecular complexity index is 730. The van der Waals surface area contributed by atoms with Gasteiger partial charge in [0.1, 0.15) is 32.2 Å². The highest BCUT2D eigenvalue weighted by Gasteiger charge is 2.36. The van der Waals surface area contributed by atoms with E-state index in [-0.39, 0.29) is 11.8 Å². The summed E-state index contributed by atoms with van der Waals surface area (Å²) in [5, 5.41) is 0. The van der Waals surface area contributed by atoms with Crippen molar-refractivity contribution in [2.24, 2.45) is 0 Å². The fourth-order valence-electron chi connectivity index (χ4n) is 4.35. The molecule has 2 N–H and O–H groups in total. The van der Waals surface area contributed by atoms with E-state index in [0.717, 1.165) is 26.2 Å². The molecule has 0 saturated carbocycles. The molecule has 2 amide bonds. The Morgan fingerprint density at radius 2 is 1.22 bits per heavy atom. The minimum absolute atomic E-state index is 0.00581. The second-order valence-electron chi connectivity index (χ2n) is 7.54. The maximum absolute atomic E-state index is 11.9. The van der Waals surface area contributed by atoms with Gasteiger partial charge in [-0.1, -0.05) is 60.7 Å². The van der Waals surface area contributed by atoms with E-state index in [0.29, 0.717) is 25.6 Å². The Morgan fingerprint density at radius 3 is 1.70 bits per heavy atom. The van der Waals surface area contributed by atoms with Gasteiger partial charge in [-0.3, -0.25) is 9.59 Å². The molecule has 2 aromatic carbocycles. The van der Waals surface area contributed by atoms with Gasteiger partial charge >= 0.3 is 0 Å². The summed E-state index contributed by atoms with van der Waals surface area (Å²) in [6, 6.07) is 21.7. The van der Waals surface area contributed by atoms with Crippen molar-refractivity contribution in [1.82, 2.24) is 4.90 Å². The van der Waals surface area contributed by atoms with Gasteiger partial charge in [-0.15, -0.1) is 0 Å². The number of piperazine rings is 1. The first-order chi connectivity index (χ1) is 13.2. The number of benzene rings is 2. The third-order valence-corrected chi connectivity index (χ3v) is 5.81. The van der Waals surface area contributed by atoms with E-state index >= 15 is 0 Å². The monoisotopic (exact) mass is 365 g/mol. The summed E-state index contributed by atoms with van der Waals surface area (Å²) in [6.07, 6.45) is 0.765. The van der Waals surface area contributed by atoms with Gasteiger partial charge in [-0.05, 0) is 0 Å². The number of carbonyl (C=O) groups excluding carboxylic acids is 2. The lowest BCUT2D eigenvalue weighted by atomic mass is 9.96. The summed E-state index contributed by atoms with van der Waals surface area (Å²) in [6.45, 7) is 4.54. The van der Waals surface area contributed by atoms with Crippen molar-refractivity contribution in [2.45, 2.75) is 18.9 Å². The van der Waals surface area contributed by atoms with Crippen LogP contribution in [0.5, 0.6) is 0 Å². The van der Waals surface area contributed by atoms with Crippen molar-refractivity contribution >= 4 is 11.8 Å². The molecular formula is C22H27N3O2+2. The zero-order valence-corrected chi connectivity index (χ0v) is 15.6. The molecule has 140 valence electrons. The number of nitrogens with zero attached hydrogens (tertiary/aromatic N) is 1. The normalized spacial score (nSPS) is 23.2. The fraction of sp³-hybridized carbons (Fsp3) is 0.364. The molecule has 5 heteroatoms. The van der Waals surface area contributed by atoms with Crippen molar-refractivity contribution in [3.8, 4) is 0 Å². The molecule has 27 heavy (non-hydrogen) atoms. The van der Waals surface area contributed by atoms with Gasteiger partial charge in [0.2, 0.25) is 11.8 Å². The lowest BCUT2D eigenvalue weighted by molar-refractivity contribution is -1.03.